The second-order valence-corrected chi connectivity index (χ2v) is 8.10. The minimum Gasteiger partial charge on any atom is -0.352 e. The number of sulfonamides is 1. The van der Waals surface area contributed by atoms with E-state index in [9.17, 15) is 13.2 Å². The SMILES string of the molecule is Cc1ccccc1NS(=O)(=O)c1ccc(C)c(C(=O)NCCC(C)N)c1. The first-order valence-corrected chi connectivity index (χ1v) is 9.92. The topological polar surface area (TPSA) is 101 Å². The third kappa shape index (κ3) is 5.06. The number of nitrogens with one attached hydrogen (secondary N) is 2. The van der Waals surface area contributed by atoms with Crippen molar-refractivity contribution in [1.82, 2.24) is 5.32 Å². The van der Waals surface area contributed by atoms with Gasteiger partial charge < -0.3 is 11.1 Å². The molecule has 0 saturated heterocycles. The van der Waals surface area contributed by atoms with E-state index in [1.54, 1.807) is 25.1 Å². The highest BCUT2D eigenvalue weighted by atomic mass is 32.2. The molecule has 2 rings (SSSR count). The van der Waals surface area contributed by atoms with Crippen LogP contribution in [0.2, 0.25) is 0 Å². The van der Waals surface area contributed by atoms with Gasteiger partial charge in [-0.25, -0.2) is 8.42 Å². The van der Waals surface area contributed by atoms with Crippen LogP contribution in [-0.4, -0.2) is 26.9 Å². The van der Waals surface area contributed by atoms with E-state index in [1.165, 1.54) is 12.1 Å². The van der Waals surface area contributed by atoms with Gasteiger partial charge in [-0.15, -0.1) is 0 Å². The van der Waals surface area contributed by atoms with Crippen LogP contribution in [0.4, 0.5) is 5.69 Å². The average Bonchev–Trinajstić information content (AvgIpc) is 2.56. The summed E-state index contributed by atoms with van der Waals surface area (Å²) in [5.41, 5.74) is 8.04. The fourth-order valence-electron chi connectivity index (χ4n) is 2.41. The summed E-state index contributed by atoms with van der Waals surface area (Å²) in [6, 6.07) is 11.6. The predicted octanol–water partition coefficient (Wildman–Crippen LogP) is 2.57. The lowest BCUT2D eigenvalue weighted by atomic mass is 10.1. The van der Waals surface area contributed by atoms with Crippen molar-refractivity contribution < 1.29 is 13.2 Å². The summed E-state index contributed by atoms with van der Waals surface area (Å²) in [5, 5.41) is 2.77. The minimum atomic E-state index is -3.79. The summed E-state index contributed by atoms with van der Waals surface area (Å²) < 4.78 is 27.9. The maximum atomic E-state index is 12.7. The number of carbonyl (C=O) groups is 1. The van der Waals surface area contributed by atoms with Gasteiger partial charge in [0, 0.05) is 18.2 Å². The first kappa shape index (κ1) is 19.9. The molecule has 2 aromatic rings. The lowest BCUT2D eigenvalue weighted by Gasteiger charge is -2.13. The highest BCUT2D eigenvalue weighted by Crippen LogP contribution is 2.21. The van der Waals surface area contributed by atoms with Crippen molar-refractivity contribution in [2.24, 2.45) is 5.73 Å². The van der Waals surface area contributed by atoms with Crippen molar-refractivity contribution in [3.05, 3.63) is 59.2 Å². The molecular formula is C19H25N3O3S. The molecule has 4 N–H and O–H groups in total. The standard InChI is InChI=1S/C19H25N3O3S/c1-13-8-9-16(12-17(13)19(23)21-11-10-15(3)20)26(24,25)22-18-7-5-4-6-14(18)2/h4-9,12,15,22H,10-11,20H2,1-3H3,(H,21,23). The molecule has 0 bridgehead atoms. The Labute approximate surface area is 154 Å². The van der Waals surface area contributed by atoms with Crippen LogP contribution in [0.25, 0.3) is 0 Å². The van der Waals surface area contributed by atoms with Crippen LogP contribution in [-0.2, 0) is 10.0 Å². The molecule has 7 heteroatoms. The Morgan fingerprint density at radius 2 is 1.81 bits per heavy atom. The van der Waals surface area contributed by atoms with Crippen LogP contribution in [0.3, 0.4) is 0 Å². The fourth-order valence-corrected chi connectivity index (χ4v) is 3.57. The Bertz CT molecular complexity index is 893. The summed E-state index contributed by atoms with van der Waals surface area (Å²) in [4.78, 5) is 12.4. The van der Waals surface area contributed by atoms with Gasteiger partial charge in [-0.2, -0.15) is 0 Å². The van der Waals surface area contributed by atoms with E-state index in [2.05, 4.69) is 10.0 Å². The predicted molar refractivity (Wildman–Crippen MR) is 104 cm³/mol. The first-order valence-electron chi connectivity index (χ1n) is 8.43. The third-order valence-corrected chi connectivity index (χ3v) is 5.40. The maximum Gasteiger partial charge on any atom is 0.261 e. The van der Waals surface area contributed by atoms with Crippen molar-refractivity contribution >= 4 is 21.6 Å². The van der Waals surface area contributed by atoms with Crippen LogP contribution < -0.4 is 15.8 Å². The van der Waals surface area contributed by atoms with Gasteiger partial charge >= 0.3 is 0 Å². The second kappa shape index (κ2) is 8.33. The van der Waals surface area contributed by atoms with Gasteiger partial charge in [-0.3, -0.25) is 9.52 Å². The first-order chi connectivity index (χ1) is 12.2. The molecule has 1 unspecified atom stereocenters. The van der Waals surface area contributed by atoms with Gasteiger partial charge in [-0.1, -0.05) is 24.3 Å². The molecular weight excluding hydrogens is 350 g/mol. The summed E-state index contributed by atoms with van der Waals surface area (Å²) in [5.74, 6) is -0.309. The number of nitrogens with two attached hydrogens (primary N) is 1. The van der Waals surface area contributed by atoms with E-state index in [-0.39, 0.29) is 16.8 Å². The molecule has 0 aliphatic rings. The van der Waals surface area contributed by atoms with Crippen LogP contribution in [0, 0.1) is 13.8 Å². The van der Waals surface area contributed by atoms with Crippen LogP contribution in [0.5, 0.6) is 0 Å². The molecule has 1 amide bonds. The van der Waals surface area contributed by atoms with Gasteiger partial charge in [0.15, 0.2) is 0 Å². The molecule has 0 aliphatic heterocycles. The normalized spacial score (nSPS) is 12.5. The Morgan fingerprint density at radius 3 is 2.46 bits per heavy atom. The molecule has 0 saturated carbocycles. The summed E-state index contributed by atoms with van der Waals surface area (Å²) in [6.07, 6.45) is 0.650. The van der Waals surface area contributed by atoms with Crippen LogP contribution in [0.15, 0.2) is 47.4 Å². The number of hydrogen-bond acceptors (Lipinski definition) is 4. The van der Waals surface area contributed by atoms with Gasteiger partial charge in [0.25, 0.3) is 15.9 Å². The number of anilines is 1. The van der Waals surface area contributed by atoms with Crippen molar-refractivity contribution in [2.75, 3.05) is 11.3 Å². The molecule has 6 nitrogen and oxygen atoms in total. The third-order valence-electron chi connectivity index (χ3n) is 4.04. The van der Waals surface area contributed by atoms with Crippen molar-refractivity contribution in [3.8, 4) is 0 Å². The van der Waals surface area contributed by atoms with Crippen molar-refractivity contribution in [3.63, 3.8) is 0 Å². The number of para-hydroxylation sites is 1. The van der Waals surface area contributed by atoms with Gasteiger partial charge in [0.2, 0.25) is 0 Å². The van der Waals surface area contributed by atoms with E-state index in [0.717, 1.165) is 5.56 Å². The fraction of sp³-hybridized carbons (Fsp3) is 0.316. The van der Waals surface area contributed by atoms with Crippen molar-refractivity contribution in [2.45, 2.75) is 38.1 Å². The highest BCUT2D eigenvalue weighted by molar-refractivity contribution is 7.92. The summed E-state index contributed by atoms with van der Waals surface area (Å²) >= 11 is 0. The zero-order valence-electron chi connectivity index (χ0n) is 15.2. The number of amides is 1. The molecule has 0 fully saturated rings. The molecule has 140 valence electrons. The zero-order chi connectivity index (χ0) is 19.3. The quantitative estimate of drug-likeness (QED) is 0.692. The van der Waals surface area contributed by atoms with E-state index >= 15 is 0 Å². The molecule has 0 aromatic heterocycles. The largest absolute Gasteiger partial charge is 0.352 e. The van der Waals surface area contributed by atoms with Crippen LogP contribution >= 0.6 is 0 Å². The molecule has 0 aliphatic carbocycles. The number of benzene rings is 2. The summed E-state index contributed by atoms with van der Waals surface area (Å²) in [6.45, 7) is 5.90. The van der Waals surface area contributed by atoms with E-state index in [0.29, 0.717) is 29.8 Å². The Kier molecular flexibility index (Phi) is 6.39. The number of aryl methyl sites for hydroxylation is 2. The molecule has 0 spiro atoms. The molecule has 2 aromatic carbocycles. The smallest absolute Gasteiger partial charge is 0.261 e. The number of hydrogen-bond donors (Lipinski definition) is 3. The van der Waals surface area contributed by atoms with Crippen molar-refractivity contribution in [1.29, 1.82) is 0 Å². The molecule has 0 heterocycles. The number of rotatable bonds is 7. The van der Waals surface area contributed by atoms with Gasteiger partial charge in [0.1, 0.15) is 0 Å². The molecule has 0 radical (unpaired) electrons. The lowest BCUT2D eigenvalue weighted by molar-refractivity contribution is 0.0952. The number of carbonyl (C=O) groups excluding carboxylic acids is 1. The lowest BCUT2D eigenvalue weighted by Crippen LogP contribution is -2.29. The zero-order valence-corrected chi connectivity index (χ0v) is 16.1. The molecule has 26 heavy (non-hydrogen) atoms. The monoisotopic (exact) mass is 375 g/mol. The van der Waals surface area contributed by atoms with E-state index in [1.807, 2.05) is 26.0 Å². The van der Waals surface area contributed by atoms with Crippen LogP contribution in [0.1, 0.15) is 34.8 Å². The average molecular weight is 375 g/mol. The highest BCUT2D eigenvalue weighted by Gasteiger charge is 2.18. The van der Waals surface area contributed by atoms with Gasteiger partial charge in [-0.05, 0) is 56.5 Å². The maximum absolute atomic E-state index is 12.7. The second-order valence-electron chi connectivity index (χ2n) is 6.42. The minimum absolute atomic E-state index is 0.0126. The Balaban J connectivity index is 2.24. The van der Waals surface area contributed by atoms with E-state index in [4.69, 9.17) is 5.73 Å². The van der Waals surface area contributed by atoms with E-state index < -0.39 is 10.0 Å². The summed E-state index contributed by atoms with van der Waals surface area (Å²) in [7, 11) is -3.79. The Morgan fingerprint density at radius 1 is 1.12 bits per heavy atom. The Hall–Kier alpha value is -2.38. The molecule has 1 atom stereocenters. The van der Waals surface area contributed by atoms with Gasteiger partial charge in [0.05, 0.1) is 10.6 Å².